The third kappa shape index (κ3) is 3.12. The summed E-state index contributed by atoms with van der Waals surface area (Å²) in [6, 6.07) is 0. The monoisotopic (exact) mass is 230 g/mol. The van der Waals surface area contributed by atoms with Crippen molar-refractivity contribution in [3.05, 3.63) is 0 Å². The molecule has 5 heteroatoms. The summed E-state index contributed by atoms with van der Waals surface area (Å²) in [5.74, 6) is 0.967. The fourth-order valence-electron chi connectivity index (χ4n) is 1.85. The number of oxime groups is 1. The van der Waals surface area contributed by atoms with Crippen LogP contribution in [0.1, 0.15) is 19.8 Å². The molecule has 0 aliphatic carbocycles. The Morgan fingerprint density at radius 1 is 1.73 bits per heavy atom. The number of piperidine rings is 1. The predicted octanol–water partition coefficient (Wildman–Crippen LogP) is 1.44. The van der Waals surface area contributed by atoms with Crippen molar-refractivity contribution in [2.24, 2.45) is 11.1 Å². The van der Waals surface area contributed by atoms with Crippen molar-refractivity contribution in [1.29, 1.82) is 0 Å². The van der Waals surface area contributed by atoms with Crippen LogP contribution in [0.4, 0.5) is 0 Å². The molecule has 0 aromatic rings. The van der Waals surface area contributed by atoms with Crippen LogP contribution >= 0.6 is 11.8 Å². The largest absolute Gasteiger partial charge is 0.411 e. The van der Waals surface area contributed by atoms with Gasteiger partial charge in [0.2, 0.25) is 5.91 Å². The first kappa shape index (κ1) is 12.4. The normalized spacial score (nSPS) is 24.5. The van der Waals surface area contributed by atoms with E-state index >= 15 is 0 Å². The Labute approximate surface area is 94.7 Å². The highest BCUT2D eigenvalue weighted by molar-refractivity contribution is 7.99. The highest BCUT2D eigenvalue weighted by Crippen LogP contribution is 2.18. The maximum Gasteiger partial charge on any atom is 0.232 e. The summed E-state index contributed by atoms with van der Waals surface area (Å²) in [5, 5.41) is 12.1. The van der Waals surface area contributed by atoms with Gasteiger partial charge in [0, 0.05) is 25.4 Å². The number of rotatable bonds is 3. The molecule has 1 rings (SSSR count). The minimum Gasteiger partial charge on any atom is -0.411 e. The highest BCUT2D eigenvalue weighted by atomic mass is 32.2. The van der Waals surface area contributed by atoms with Crippen LogP contribution in [0.3, 0.4) is 0 Å². The van der Waals surface area contributed by atoms with Gasteiger partial charge in [-0.15, -0.1) is 0 Å². The number of likely N-dealkylation sites (tertiary alicyclic amines) is 1. The molecule has 1 unspecified atom stereocenters. The first-order chi connectivity index (χ1) is 7.22. The molecule has 1 amide bonds. The summed E-state index contributed by atoms with van der Waals surface area (Å²) < 4.78 is 0. The molecule has 1 fully saturated rings. The van der Waals surface area contributed by atoms with Gasteiger partial charge in [-0.2, -0.15) is 11.8 Å². The molecule has 0 aromatic heterocycles. The molecular weight excluding hydrogens is 212 g/mol. The summed E-state index contributed by atoms with van der Waals surface area (Å²) in [6.45, 7) is 3.45. The quantitative estimate of drug-likeness (QED) is 0.589. The lowest BCUT2D eigenvalue weighted by Crippen LogP contribution is -2.44. The van der Waals surface area contributed by atoms with Gasteiger partial charge in [0.1, 0.15) is 0 Å². The third-order valence-corrected chi connectivity index (χ3v) is 3.33. The lowest BCUT2D eigenvalue weighted by molar-refractivity contribution is -0.129. The molecular formula is C10H18N2O2S. The van der Waals surface area contributed by atoms with Crippen LogP contribution < -0.4 is 0 Å². The molecule has 0 saturated carbocycles. The molecule has 1 N–H and O–H groups in total. The van der Waals surface area contributed by atoms with E-state index in [9.17, 15) is 4.79 Å². The summed E-state index contributed by atoms with van der Waals surface area (Å²) in [4.78, 5) is 13.5. The van der Waals surface area contributed by atoms with Gasteiger partial charge in [-0.05, 0) is 12.7 Å². The van der Waals surface area contributed by atoms with E-state index in [1.54, 1.807) is 11.8 Å². The molecule has 4 nitrogen and oxygen atoms in total. The smallest absolute Gasteiger partial charge is 0.232 e. The Morgan fingerprint density at radius 3 is 3.00 bits per heavy atom. The average Bonchev–Trinajstić information content (AvgIpc) is 2.28. The number of nitrogens with zero attached hydrogens (tertiary/aromatic N) is 2. The van der Waals surface area contributed by atoms with Crippen LogP contribution in [0.5, 0.6) is 0 Å². The van der Waals surface area contributed by atoms with E-state index in [-0.39, 0.29) is 11.8 Å². The van der Waals surface area contributed by atoms with E-state index in [4.69, 9.17) is 5.21 Å². The molecule has 1 heterocycles. The highest BCUT2D eigenvalue weighted by Gasteiger charge is 2.27. The molecule has 1 saturated heterocycles. The summed E-state index contributed by atoms with van der Waals surface area (Å²) in [7, 11) is 0. The molecule has 1 aliphatic rings. The maximum atomic E-state index is 11.7. The zero-order valence-electron chi connectivity index (χ0n) is 9.27. The van der Waals surface area contributed by atoms with E-state index in [1.807, 2.05) is 11.2 Å². The van der Waals surface area contributed by atoms with Crippen molar-refractivity contribution < 1.29 is 10.0 Å². The van der Waals surface area contributed by atoms with Gasteiger partial charge >= 0.3 is 0 Å². The molecule has 15 heavy (non-hydrogen) atoms. The van der Waals surface area contributed by atoms with Gasteiger partial charge in [0.05, 0.1) is 11.5 Å². The Bertz CT molecular complexity index is 256. The van der Waals surface area contributed by atoms with Crippen LogP contribution in [0.15, 0.2) is 5.16 Å². The van der Waals surface area contributed by atoms with Crippen LogP contribution in [0, 0.1) is 5.92 Å². The van der Waals surface area contributed by atoms with Gasteiger partial charge in [-0.25, -0.2) is 0 Å². The van der Waals surface area contributed by atoms with Crippen molar-refractivity contribution in [2.45, 2.75) is 19.8 Å². The van der Waals surface area contributed by atoms with Crippen molar-refractivity contribution in [3.8, 4) is 0 Å². The third-order valence-electron chi connectivity index (χ3n) is 2.79. The Morgan fingerprint density at radius 2 is 2.47 bits per heavy atom. The van der Waals surface area contributed by atoms with E-state index in [1.165, 1.54) is 0 Å². The molecule has 0 spiro atoms. The van der Waals surface area contributed by atoms with Crippen molar-refractivity contribution in [1.82, 2.24) is 4.90 Å². The van der Waals surface area contributed by atoms with E-state index in [0.717, 1.165) is 12.1 Å². The first-order valence-electron chi connectivity index (χ1n) is 5.20. The van der Waals surface area contributed by atoms with Gasteiger partial charge in [-0.3, -0.25) is 4.79 Å². The molecule has 86 valence electrons. The summed E-state index contributed by atoms with van der Waals surface area (Å²) >= 11 is 1.55. The zero-order valence-corrected chi connectivity index (χ0v) is 10.1. The molecule has 0 bridgehead atoms. The zero-order chi connectivity index (χ0) is 11.3. The minimum absolute atomic E-state index is 0.193. The fraction of sp³-hybridized carbons (Fsp3) is 0.800. The van der Waals surface area contributed by atoms with Crippen LogP contribution in [0.25, 0.3) is 0 Å². The van der Waals surface area contributed by atoms with Gasteiger partial charge in [-0.1, -0.05) is 12.1 Å². The topological polar surface area (TPSA) is 52.9 Å². The van der Waals surface area contributed by atoms with Gasteiger partial charge in [0.25, 0.3) is 0 Å². The molecule has 0 aromatic carbocycles. The second-order valence-corrected chi connectivity index (χ2v) is 4.59. The van der Waals surface area contributed by atoms with Crippen molar-refractivity contribution >= 4 is 23.4 Å². The first-order valence-corrected chi connectivity index (χ1v) is 6.59. The van der Waals surface area contributed by atoms with Crippen molar-refractivity contribution in [2.75, 3.05) is 25.1 Å². The lowest BCUT2D eigenvalue weighted by Gasteiger charge is -2.32. The maximum absolute atomic E-state index is 11.7. The van der Waals surface area contributed by atoms with Crippen LogP contribution in [0.2, 0.25) is 0 Å². The Balaban J connectivity index is 2.56. The standard InChI is InChI=1S/C10H18N2O2S/c1-3-8-6-12(10(13)7-15-2)5-4-9(8)11-14/h8,14H,3-7H2,1-2H3. The number of carbonyl (C=O) groups is 1. The molecule has 0 radical (unpaired) electrons. The fourth-order valence-corrected chi connectivity index (χ4v) is 2.28. The van der Waals surface area contributed by atoms with Gasteiger partial charge < -0.3 is 10.1 Å². The number of hydrogen-bond donors (Lipinski definition) is 1. The van der Waals surface area contributed by atoms with Crippen molar-refractivity contribution in [3.63, 3.8) is 0 Å². The molecule has 1 atom stereocenters. The Hall–Kier alpha value is -0.710. The number of thioether (sulfide) groups is 1. The predicted molar refractivity (Wildman–Crippen MR) is 62.6 cm³/mol. The SMILES string of the molecule is CCC1CN(C(=O)CSC)CCC1=NO. The second kappa shape index (κ2) is 6.00. The van der Waals surface area contributed by atoms with E-state index in [2.05, 4.69) is 12.1 Å². The number of hydrogen-bond acceptors (Lipinski definition) is 4. The number of amides is 1. The van der Waals surface area contributed by atoms with E-state index in [0.29, 0.717) is 25.3 Å². The average molecular weight is 230 g/mol. The van der Waals surface area contributed by atoms with Gasteiger partial charge in [0.15, 0.2) is 0 Å². The lowest BCUT2D eigenvalue weighted by atomic mass is 9.93. The summed E-state index contributed by atoms with van der Waals surface area (Å²) in [5.41, 5.74) is 0.839. The van der Waals surface area contributed by atoms with E-state index < -0.39 is 0 Å². The Kier molecular flexibility index (Phi) is 4.94. The minimum atomic E-state index is 0.193. The van der Waals surface area contributed by atoms with Crippen LogP contribution in [-0.2, 0) is 4.79 Å². The van der Waals surface area contributed by atoms with Crippen LogP contribution in [-0.4, -0.2) is 46.8 Å². The molecule has 1 aliphatic heterocycles. The second-order valence-electron chi connectivity index (χ2n) is 3.72. The summed E-state index contributed by atoms with van der Waals surface area (Å²) in [6.07, 6.45) is 3.55. The number of carbonyl (C=O) groups excluding carboxylic acids is 1.